The first-order valence-corrected chi connectivity index (χ1v) is 7.61. The van der Waals surface area contributed by atoms with Crippen LogP contribution in [0.15, 0.2) is 36.7 Å². The average molecular weight is 296 g/mol. The van der Waals surface area contributed by atoms with E-state index in [9.17, 15) is 4.79 Å². The molecule has 0 saturated carbocycles. The van der Waals surface area contributed by atoms with Crippen molar-refractivity contribution in [3.8, 4) is 0 Å². The molecule has 0 radical (unpaired) electrons. The zero-order valence-corrected chi connectivity index (χ0v) is 12.9. The van der Waals surface area contributed by atoms with Crippen LogP contribution in [0.1, 0.15) is 29.9 Å². The van der Waals surface area contributed by atoms with E-state index < -0.39 is 0 Å². The van der Waals surface area contributed by atoms with Gasteiger partial charge in [0.2, 0.25) is 0 Å². The molecule has 5 nitrogen and oxygen atoms in total. The van der Waals surface area contributed by atoms with Gasteiger partial charge in [-0.05, 0) is 24.0 Å². The summed E-state index contributed by atoms with van der Waals surface area (Å²) in [7, 11) is 0. The summed E-state index contributed by atoms with van der Waals surface area (Å²) in [5.74, 6) is 1.14. The third kappa shape index (κ3) is 2.93. The van der Waals surface area contributed by atoms with Crippen molar-refractivity contribution in [2.24, 2.45) is 5.92 Å². The molecule has 0 bridgehead atoms. The van der Waals surface area contributed by atoms with E-state index in [1.165, 1.54) is 5.56 Å². The topological polar surface area (TPSA) is 58.1 Å². The first-order chi connectivity index (χ1) is 10.6. The van der Waals surface area contributed by atoms with Gasteiger partial charge in [-0.3, -0.25) is 4.79 Å². The Kier molecular flexibility index (Phi) is 4.04. The van der Waals surface area contributed by atoms with Crippen molar-refractivity contribution in [3.05, 3.63) is 47.9 Å². The Labute approximate surface area is 130 Å². The maximum atomic E-state index is 12.6. The monoisotopic (exact) mass is 296 g/mol. The molecule has 1 amide bonds. The second-order valence-electron chi connectivity index (χ2n) is 5.90. The lowest BCUT2D eigenvalue weighted by Gasteiger charge is -2.16. The van der Waals surface area contributed by atoms with Gasteiger partial charge < -0.3 is 10.2 Å². The highest BCUT2D eigenvalue weighted by atomic mass is 16.2. The third-order valence-corrected chi connectivity index (χ3v) is 3.69. The number of fused-ring (bicyclic) bond motifs is 1. The van der Waals surface area contributed by atoms with Crippen molar-refractivity contribution in [1.82, 2.24) is 9.97 Å². The molecule has 1 N–H and O–H groups in total. The molecule has 0 unspecified atom stereocenters. The predicted molar refractivity (Wildman–Crippen MR) is 87.2 cm³/mol. The van der Waals surface area contributed by atoms with Gasteiger partial charge >= 0.3 is 0 Å². The summed E-state index contributed by atoms with van der Waals surface area (Å²) in [6, 6.07) is 8.00. The Bertz CT molecular complexity index is 667. The van der Waals surface area contributed by atoms with Crippen LogP contribution < -0.4 is 10.2 Å². The number of carbonyl (C=O) groups is 1. The van der Waals surface area contributed by atoms with Crippen LogP contribution in [0.3, 0.4) is 0 Å². The molecule has 2 heterocycles. The smallest absolute Gasteiger partial charge is 0.278 e. The van der Waals surface area contributed by atoms with Gasteiger partial charge in [-0.15, -0.1) is 0 Å². The molecule has 0 atom stereocenters. The van der Waals surface area contributed by atoms with Crippen molar-refractivity contribution in [2.45, 2.75) is 20.3 Å². The Morgan fingerprint density at radius 1 is 1.27 bits per heavy atom. The number of nitrogens with zero attached hydrogens (tertiary/aromatic N) is 3. The predicted octanol–water partition coefficient (Wildman–Crippen LogP) is 2.75. The number of aromatic nitrogens is 2. The van der Waals surface area contributed by atoms with E-state index in [0.29, 0.717) is 24.0 Å². The number of rotatable bonds is 4. The summed E-state index contributed by atoms with van der Waals surface area (Å²) in [4.78, 5) is 22.9. The Balaban J connectivity index is 1.73. The summed E-state index contributed by atoms with van der Waals surface area (Å²) in [6.07, 6.45) is 4.06. The number of hydrogen-bond acceptors (Lipinski definition) is 4. The van der Waals surface area contributed by atoms with Crippen molar-refractivity contribution in [2.75, 3.05) is 23.3 Å². The number of carbonyl (C=O) groups excluding carboxylic acids is 1. The fourth-order valence-electron chi connectivity index (χ4n) is 2.53. The molecule has 0 fully saturated rings. The SMILES string of the molecule is CC(C)CNc1cnc(C(=O)N2CCc3ccccc32)cn1. The number of amides is 1. The second-order valence-corrected chi connectivity index (χ2v) is 5.90. The molecule has 1 aromatic heterocycles. The summed E-state index contributed by atoms with van der Waals surface area (Å²) < 4.78 is 0. The number of hydrogen-bond donors (Lipinski definition) is 1. The zero-order valence-electron chi connectivity index (χ0n) is 12.9. The lowest BCUT2D eigenvalue weighted by Crippen LogP contribution is -2.29. The van der Waals surface area contributed by atoms with Crippen LogP contribution in [-0.2, 0) is 6.42 Å². The van der Waals surface area contributed by atoms with Gasteiger partial charge in [0.1, 0.15) is 11.5 Å². The van der Waals surface area contributed by atoms with E-state index in [2.05, 4.69) is 35.2 Å². The molecule has 0 aliphatic carbocycles. The van der Waals surface area contributed by atoms with Crippen LogP contribution in [0.5, 0.6) is 0 Å². The summed E-state index contributed by atoms with van der Waals surface area (Å²) in [5, 5.41) is 3.20. The van der Waals surface area contributed by atoms with Gasteiger partial charge in [0.25, 0.3) is 5.91 Å². The molecule has 1 aliphatic rings. The number of anilines is 2. The van der Waals surface area contributed by atoms with Crippen LogP contribution in [0.4, 0.5) is 11.5 Å². The Hall–Kier alpha value is -2.43. The highest BCUT2D eigenvalue weighted by Crippen LogP contribution is 2.28. The van der Waals surface area contributed by atoms with Gasteiger partial charge in [0.15, 0.2) is 0 Å². The fourth-order valence-corrected chi connectivity index (χ4v) is 2.53. The van der Waals surface area contributed by atoms with E-state index in [4.69, 9.17) is 0 Å². The van der Waals surface area contributed by atoms with Crippen LogP contribution in [0.2, 0.25) is 0 Å². The van der Waals surface area contributed by atoms with E-state index in [1.54, 1.807) is 17.3 Å². The normalized spacial score (nSPS) is 13.3. The average Bonchev–Trinajstić information content (AvgIpc) is 2.97. The van der Waals surface area contributed by atoms with Crippen molar-refractivity contribution >= 4 is 17.4 Å². The molecule has 0 saturated heterocycles. The van der Waals surface area contributed by atoms with E-state index in [-0.39, 0.29) is 5.91 Å². The zero-order chi connectivity index (χ0) is 15.5. The molecule has 22 heavy (non-hydrogen) atoms. The van der Waals surface area contributed by atoms with Gasteiger partial charge in [-0.1, -0.05) is 32.0 Å². The Morgan fingerprint density at radius 2 is 2.09 bits per heavy atom. The van der Waals surface area contributed by atoms with Crippen LogP contribution in [0.25, 0.3) is 0 Å². The van der Waals surface area contributed by atoms with Gasteiger partial charge in [-0.2, -0.15) is 0 Å². The first kappa shape index (κ1) is 14.5. The standard InChI is InChI=1S/C17H20N4O/c1-12(2)9-19-16-11-18-14(10-20-16)17(22)21-8-7-13-5-3-4-6-15(13)21/h3-6,10-12H,7-9H2,1-2H3,(H,19,20). The van der Waals surface area contributed by atoms with Crippen molar-refractivity contribution in [3.63, 3.8) is 0 Å². The third-order valence-electron chi connectivity index (χ3n) is 3.69. The van der Waals surface area contributed by atoms with E-state index >= 15 is 0 Å². The molecule has 1 aromatic carbocycles. The maximum absolute atomic E-state index is 12.6. The molecular weight excluding hydrogens is 276 g/mol. The second kappa shape index (κ2) is 6.13. The molecule has 114 valence electrons. The minimum absolute atomic E-state index is 0.0899. The number of nitrogens with one attached hydrogen (secondary N) is 1. The number of benzene rings is 1. The fraction of sp³-hybridized carbons (Fsp3) is 0.353. The Morgan fingerprint density at radius 3 is 2.82 bits per heavy atom. The largest absolute Gasteiger partial charge is 0.369 e. The van der Waals surface area contributed by atoms with Crippen LogP contribution in [0, 0.1) is 5.92 Å². The molecule has 0 spiro atoms. The van der Waals surface area contributed by atoms with Crippen LogP contribution in [-0.4, -0.2) is 29.0 Å². The summed E-state index contributed by atoms with van der Waals surface area (Å²) >= 11 is 0. The van der Waals surface area contributed by atoms with Gasteiger partial charge in [0.05, 0.1) is 12.4 Å². The quantitative estimate of drug-likeness (QED) is 0.942. The lowest BCUT2D eigenvalue weighted by molar-refractivity contribution is 0.0984. The first-order valence-electron chi connectivity index (χ1n) is 7.61. The van der Waals surface area contributed by atoms with Crippen molar-refractivity contribution < 1.29 is 4.79 Å². The highest BCUT2D eigenvalue weighted by molar-refractivity contribution is 6.05. The van der Waals surface area contributed by atoms with E-state index in [1.807, 2.05) is 18.2 Å². The highest BCUT2D eigenvalue weighted by Gasteiger charge is 2.26. The summed E-state index contributed by atoms with van der Waals surface area (Å²) in [5.41, 5.74) is 2.57. The molecular formula is C17H20N4O. The lowest BCUT2D eigenvalue weighted by atomic mass is 10.2. The minimum Gasteiger partial charge on any atom is -0.369 e. The minimum atomic E-state index is -0.0899. The number of para-hydroxylation sites is 1. The van der Waals surface area contributed by atoms with Crippen molar-refractivity contribution in [1.29, 1.82) is 0 Å². The van der Waals surface area contributed by atoms with E-state index in [0.717, 1.165) is 18.7 Å². The molecule has 3 rings (SSSR count). The molecule has 2 aromatic rings. The summed E-state index contributed by atoms with van der Waals surface area (Å²) in [6.45, 7) is 5.79. The molecule has 1 aliphatic heterocycles. The van der Waals surface area contributed by atoms with Gasteiger partial charge in [-0.25, -0.2) is 9.97 Å². The van der Waals surface area contributed by atoms with Gasteiger partial charge in [0, 0.05) is 18.8 Å². The van der Waals surface area contributed by atoms with Crippen LogP contribution >= 0.6 is 0 Å². The molecule has 5 heteroatoms. The maximum Gasteiger partial charge on any atom is 0.278 e.